The van der Waals surface area contributed by atoms with Gasteiger partial charge in [-0.3, -0.25) is 5.32 Å². The van der Waals surface area contributed by atoms with Crippen molar-refractivity contribution in [1.29, 1.82) is 0 Å². The zero-order chi connectivity index (χ0) is 26.4. The molecule has 0 bridgehead atoms. The molecule has 0 saturated carbocycles. The van der Waals surface area contributed by atoms with Gasteiger partial charge in [0.25, 0.3) is 0 Å². The predicted octanol–water partition coefficient (Wildman–Crippen LogP) is 5.42. The number of methoxy groups -OCH3 is 1. The summed E-state index contributed by atoms with van der Waals surface area (Å²) in [4.78, 5) is 25.4. The number of ether oxygens (including phenoxy) is 4. The fourth-order valence-electron chi connectivity index (χ4n) is 4.90. The summed E-state index contributed by atoms with van der Waals surface area (Å²) in [5.74, 6) is 0.664. The summed E-state index contributed by atoms with van der Waals surface area (Å²) in [5, 5.41) is 21.9. The second-order valence-electron chi connectivity index (χ2n) is 8.85. The Morgan fingerprint density at radius 2 is 1.61 bits per heavy atom. The van der Waals surface area contributed by atoms with Gasteiger partial charge in [0.05, 0.1) is 12.7 Å². The monoisotopic (exact) mass is 511 g/mol. The predicted molar refractivity (Wildman–Crippen MR) is 135 cm³/mol. The molecule has 4 aromatic rings. The quantitative estimate of drug-likeness (QED) is 0.310. The molecular formula is C29H21NO8. The van der Waals surface area contributed by atoms with Crippen LogP contribution in [0.15, 0.2) is 78.9 Å². The summed E-state index contributed by atoms with van der Waals surface area (Å²) in [6.07, 6.45) is -0.752. The van der Waals surface area contributed by atoms with Crippen LogP contribution in [0.2, 0.25) is 0 Å². The Kier molecular flexibility index (Phi) is 5.34. The average molecular weight is 511 g/mol. The summed E-state index contributed by atoms with van der Waals surface area (Å²) < 4.78 is 22.9. The van der Waals surface area contributed by atoms with Crippen molar-refractivity contribution >= 4 is 17.7 Å². The number of amides is 1. The Morgan fingerprint density at radius 3 is 2.37 bits per heavy atom. The van der Waals surface area contributed by atoms with E-state index >= 15 is 0 Å². The lowest BCUT2D eigenvalue weighted by Gasteiger charge is -2.36. The first kappa shape index (κ1) is 23.2. The molecule has 1 atom stereocenters. The molecule has 190 valence electrons. The van der Waals surface area contributed by atoms with Crippen molar-refractivity contribution in [3.05, 3.63) is 107 Å². The molecule has 2 heterocycles. The Balaban J connectivity index is 1.34. The number of fused-ring (bicyclic) bond motifs is 6. The van der Waals surface area contributed by atoms with E-state index in [9.17, 15) is 19.8 Å². The van der Waals surface area contributed by atoms with Gasteiger partial charge in [-0.1, -0.05) is 18.2 Å². The first-order valence-electron chi connectivity index (χ1n) is 11.7. The minimum atomic E-state index is -1.24. The molecule has 1 spiro atoms. The lowest BCUT2D eigenvalue weighted by Crippen LogP contribution is -2.33. The lowest BCUT2D eigenvalue weighted by atomic mass is 9.77. The third kappa shape index (κ3) is 3.72. The molecule has 3 N–H and O–H groups in total. The maximum atomic E-state index is 12.9. The van der Waals surface area contributed by atoms with E-state index in [2.05, 4.69) is 5.32 Å². The number of phenolic OH excluding ortho intramolecular Hbond substituents is 2. The Morgan fingerprint density at radius 1 is 0.895 bits per heavy atom. The van der Waals surface area contributed by atoms with Crippen molar-refractivity contribution in [1.82, 2.24) is 0 Å². The lowest BCUT2D eigenvalue weighted by molar-refractivity contribution is 0.0224. The molecule has 2 aliphatic heterocycles. The number of hydrogen-bond donors (Lipinski definition) is 3. The van der Waals surface area contributed by atoms with Crippen LogP contribution in [0.3, 0.4) is 0 Å². The Bertz CT molecular complexity index is 1590. The van der Waals surface area contributed by atoms with Gasteiger partial charge in [0.2, 0.25) is 0 Å². The zero-order valence-electron chi connectivity index (χ0n) is 20.1. The summed E-state index contributed by atoms with van der Waals surface area (Å²) in [5.41, 5.74) is 1.97. The van der Waals surface area contributed by atoms with Crippen LogP contribution in [0.4, 0.5) is 10.5 Å². The van der Waals surface area contributed by atoms with Gasteiger partial charge in [-0.05, 0) is 48.0 Å². The maximum Gasteiger partial charge on any atom is 0.411 e. The highest BCUT2D eigenvalue weighted by molar-refractivity contribution is 5.97. The zero-order valence-corrected chi connectivity index (χ0v) is 20.1. The van der Waals surface area contributed by atoms with E-state index in [1.54, 1.807) is 49.6 Å². The van der Waals surface area contributed by atoms with Crippen molar-refractivity contribution in [2.45, 2.75) is 12.2 Å². The largest absolute Gasteiger partial charge is 0.508 e. The molecule has 0 saturated heterocycles. The normalized spacial score (nSPS) is 16.5. The van der Waals surface area contributed by atoms with Gasteiger partial charge in [-0.15, -0.1) is 0 Å². The van der Waals surface area contributed by atoms with E-state index in [4.69, 9.17) is 18.9 Å². The molecule has 0 aliphatic carbocycles. The van der Waals surface area contributed by atoms with Crippen LogP contribution in [-0.2, 0) is 21.7 Å². The highest BCUT2D eigenvalue weighted by Gasteiger charge is 2.53. The molecule has 4 aromatic carbocycles. The highest BCUT2D eigenvalue weighted by Crippen LogP contribution is 2.56. The molecule has 1 amide bonds. The van der Waals surface area contributed by atoms with Crippen LogP contribution in [0.1, 0.15) is 32.6 Å². The molecule has 0 radical (unpaired) electrons. The minimum Gasteiger partial charge on any atom is -0.508 e. The number of anilines is 1. The van der Waals surface area contributed by atoms with Crippen LogP contribution in [0.5, 0.6) is 28.7 Å². The van der Waals surface area contributed by atoms with Gasteiger partial charge >= 0.3 is 12.1 Å². The maximum absolute atomic E-state index is 12.9. The fraction of sp³-hybridized carbons (Fsp3) is 0.103. The van der Waals surface area contributed by atoms with Gasteiger partial charge in [-0.25, -0.2) is 9.59 Å². The van der Waals surface area contributed by atoms with Gasteiger partial charge in [0.15, 0.2) is 5.60 Å². The van der Waals surface area contributed by atoms with Crippen molar-refractivity contribution < 1.29 is 38.7 Å². The number of carbonyl (C=O) groups is 2. The number of esters is 1. The number of phenols is 2. The van der Waals surface area contributed by atoms with E-state index in [0.717, 1.165) is 0 Å². The SMILES string of the molecule is COc1ccc2c(c1)Oc1cc(NC(=O)OCc3cc(O)cc(O)c3)ccc1C21OC(=O)c2ccccc21. The van der Waals surface area contributed by atoms with Crippen molar-refractivity contribution in [3.63, 3.8) is 0 Å². The van der Waals surface area contributed by atoms with E-state index in [0.29, 0.717) is 50.8 Å². The van der Waals surface area contributed by atoms with Crippen molar-refractivity contribution in [2.24, 2.45) is 0 Å². The highest BCUT2D eigenvalue weighted by atomic mass is 16.6. The Hall–Kier alpha value is -5.18. The molecule has 0 aromatic heterocycles. The second-order valence-corrected chi connectivity index (χ2v) is 8.85. The molecule has 9 nitrogen and oxygen atoms in total. The van der Waals surface area contributed by atoms with Gasteiger partial charge in [-0.2, -0.15) is 0 Å². The molecule has 2 aliphatic rings. The number of nitrogens with one attached hydrogen (secondary N) is 1. The summed E-state index contributed by atoms with van der Waals surface area (Å²) in [6.45, 7) is -0.168. The standard InChI is InChI=1S/C29H21NO8/c1-35-20-7-9-24-26(14-20)37-25-12-17(30-28(34)36-15-16-10-18(31)13-19(32)11-16)6-8-23(25)29(24)22-5-3-2-4-21(22)27(33)38-29/h2-14,31-32H,15H2,1H3,(H,30,34). The molecular weight excluding hydrogens is 490 g/mol. The number of carbonyl (C=O) groups excluding carboxylic acids is 2. The third-order valence-electron chi connectivity index (χ3n) is 6.50. The molecule has 6 rings (SSSR count). The second kappa shape index (κ2) is 8.74. The number of rotatable bonds is 4. The molecule has 1 unspecified atom stereocenters. The van der Waals surface area contributed by atoms with Gasteiger partial charge in [0, 0.05) is 40.6 Å². The fourth-order valence-corrected chi connectivity index (χ4v) is 4.90. The van der Waals surface area contributed by atoms with Crippen LogP contribution < -0.4 is 14.8 Å². The number of hydrogen-bond acceptors (Lipinski definition) is 8. The topological polar surface area (TPSA) is 124 Å². The average Bonchev–Trinajstić information content (AvgIpc) is 3.19. The third-order valence-corrected chi connectivity index (χ3v) is 6.50. The summed E-state index contributed by atoms with van der Waals surface area (Å²) >= 11 is 0. The number of benzene rings is 4. The first-order chi connectivity index (χ1) is 18.4. The van der Waals surface area contributed by atoms with E-state index < -0.39 is 17.7 Å². The van der Waals surface area contributed by atoms with Crippen LogP contribution in [0.25, 0.3) is 0 Å². The smallest absolute Gasteiger partial charge is 0.411 e. The van der Waals surface area contributed by atoms with Gasteiger partial charge in [0.1, 0.15) is 35.4 Å². The number of aromatic hydroxyl groups is 2. The van der Waals surface area contributed by atoms with Crippen LogP contribution in [-0.4, -0.2) is 29.4 Å². The summed E-state index contributed by atoms with van der Waals surface area (Å²) in [6, 6.07) is 21.5. The molecule has 38 heavy (non-hydrogen) atoms. The molecule has 9 heteroatoms. The van der Waals surface area contributed by atoms with Crippen LogP contribution in [0, 0.1) is 0 Å². The van der Waals surface area contributed by atoms with Gasteiger partial charge < -0.3 is 29.2 Å². The van der Waals surface area contributed by atoms with Crippen molar-refractivity contribution in [3.8, 4) is 28.7 Å². The first-order valence-corrected chi connectivity index (χ1v) is 11.7. The Labute approximate surface area is 216 Å². The van der Waals surface area contributed by atoms with Crippen LogP contribution >= 0.6 is 0 Å². The van der Waals surface area contributed by atoms with E-state index in [-0.39, 0.29) is 18.1 Å². The van der Waals surface area contributed by atoms with E-state index in [1.165, 1.54) is 18.2 Å². The van der Waals surface area contributed by atoms with E-state index in [1.807, 2.05) is 18.2 Å². The summed E-state index contributed by atoms with van der Waals surface area (Å²) in [7, 11) is 1.55. The molecule has 0 fully saturated rings. The van der Waals surface area contributed by atoms with Crippen molar-refractivity contribution in [2.75, 3.05) is 12.4 Å². The minimum absolute atomic E-state index is 0.143.